The number of sulfonamides is 1. The molecule has 8 nitrogen and oxygen atoms in total. The van der Waals surface area contributed by atoms with E-state index >= 15 is 0 Å². The van der Waals surface area contributed by atoms with Crippen molar-refractivity contribution in [1.29, 1.82) is 0 Å². The lowest BCUT2D eigenvalue weighted by Gasteiger charge is -2.17. The number of hydrogen-bond donors (Lipinski definition) is 1. The van der Waals surface area contributed by atoms with Gasteiger partial charge in [0.15, 0.2) is 11.7 Å². The maximum Gasteiger partial charge on any atom is 0.327 e. The van der Waals surface area contributed by atoms with Crippen molar-refractivity contribution in [2.75, 3.05) is 22.8 Å². The van der Waals surface area contributed by atoms with Crippen molar-refractivity contribution >= 4 is 54.8 Å². The summed E-state index contributed by atoms with van der Waals surface area (Å²) in [4.78, 5) is 28.3. The SMILES string of the molecule is Cc1csc(NC(=O)COC(=O)CN2c3cccc4cccc(c34)S2(=O)=O)n1. The first kappa shape index (κ1) is 18.4. The molecule has 1 aliphatic heterocycles. The van der Waals surface area contributed by atoms with Crippen molar-refractivity contribution < 1.29 is 22.7 Å². The molecule has 2 aromatic carbocycles. The molecule has 0 saturated carbocycles. The fourth-order valence-corrected chi connectivity index (χ4v) is 5.36. The highest BCUT2D eigenvalue weighted by Gasteiger charge is 2.37. The Labute approximate surface area is 164 Å². The molecule has 1 aliphatic rings. The quantitative estimate of drug-likeness (QED) is 0.639. The van der Waals surface area contributed by atoms with Crippen molar-refractivity contribution in [2.24, 2.45) is 0 Å². The van der Waals surface area contributed by atoms with Crippen LogP contribution in [-0.4, -0.2) is 38.4 Å². The van der Waals surface area contributed by atoms with Gasteiger partial charge >= 0.3 is 5.97 Å². The lowest BCUT2D eigenvalue weighted by atomic mass is 10.1. The molecule has 0 spiro atoms. The third-order valence-electron chi connectivity index (χ3n) is 4.18. The number of esters is 1. The molecule has 0 radical (unpaired) electrons. The maximum atomic E-state index is 12.8. The minimum Gasteiger partial charge on any atom is -0.454 e. The predicted octanol–water partition coefficient (Wildman–Crippen LogP) is 2.30. The Morgan fingerprint density at radius 3 is 2.68 bits per heavy atom. The second-order valence-electron chi connectivity index (χ2n) is 6.15. The van der Waals surface area contributed by atoms with Gasteiger partial charge in [-0.3, -0.25) is 19.2 Å². The third kappa shape index (κ3) is 3.20. The van der Waals surface area contributed by atoms with Crippen LogP contribution < -0.4 is 9.62 Å². The summed E-state index contributed by atoms with van der Waals surface area (Å²) < 4.78 is 31.6. The molecule has 10 heteroatoms. The normalized spacial score (nSPS) is 14.2. The molecule has 0 atom stereocenters. The van der Waals surface area contributed by atoms with Crippen molar-refractivity contribution in [3.05, 3.63) is 47.5 Å². The molecule has 0 saturated heterocycles. The van der Waals surface area contributed by atoms with Gasteiger partial charge in [0, 0.05) is 10.8 Å². The lowest BCUT2D eigenvalue weighted by molar-refractivity contribution is -0.145. The molecule has 144 valence electrons. The summed E-state index contributed by atoms with van der Waals surface area (Å²) >= 11 is 1.26. The Bertz CT molecular complexity index is 1200. The lowest BCUT2D eigenvalue weighted by Crippen LogP contribution is -2.34. The van der Waals surface area contributed by atoms with E-state index in [1.807, 2.05) is 12.1 Å². The summed E-state index contributed by atoms with van der Waals surface area (Å²) in [5.74, 6) is -1.36. The van der Waals surface area contributed by atoms with E-state index in [4.69, 9.17) is 4.74 Å². The zero-order valence-electron chi connectivity index (χ0n) is 14.7. The van der Waals surface area contributed by atoms with Gasteiger partial charge in [0.25, 0.3) is 15.9 Å². The molecule has 3 aromatic rings. The molecule has 1 N–H and O–H groups in total. The van der Waals surface area contributed by atoms with Crippen LogP contribution >= 0.6 is 11.3 Å². The number of carbonyl (C=O) groups excluding carboxylic acids is 2. The Kier molecular flexibility index (Phi) is 4.52. The summed E-state index contributed by atoms with van der Waals surface area (Å²) in [7, 11) is -3.85. The van der Waals surface area contributed by atoms with E-state index in [0.717, 1.165) is 15.4 Å². The Balaban J connectivity index is 1.45. The smallest absolute Gasteiger partial charge is 0.327 e. The van der Waals surface area contributed by atoms with Gasteiger partial charge in [-0.15, -0.1) is 11.3 Å². The van der Waals surface area contributed by atoms with Crippen LogP contribution in [0.1, 0.15) is 5.69 Å². The molecule has 1 amide bonds. The van der Waals surface area contributed by atoms with Crippen molar-refractivity contribution in [1.82, 2.24) is 4.98 Å². The molecular formula is C18H15N3O5S2. The highest BCUT2D eigenvalue weighted by Crippen LogP contribution is 2.41. The minimum atomic E-state index is -3.85. The molecule has 28 heavy (non-hydrogen) atoms. The zero-order valence-corrected chi connectivity index (χ0v) is 16.3. The molecule has 0 aliphatic carbocycles. The second kappa shape index (κ2) is 6.88. The first-order valence-corrected chi connectivity index (χ1v) is 10.6. The van der Waals surface area contributed by atoms with Crippen LogP contribution in [0.4, 0.5) is 10.8 Å². The number of benzene rings is 2. The Hall–Kier alpha value is -2.98. The fraction of sp³-hybridized carbons (Fsp3) is 0.167. The van der Waals surface area contributed by atoms with Crippen LogP contribution in [-0.2, 0) is 24.3 Å². The number of rotatable bonds is 5. The molecule has 1 aromatic heterocycles. The van der Waals surface area contributed by atoms with Gasteiger partial charge in [0.1, 0.15) is 6.54 Å². The van der Waals surface area contributed by atoms with Crippen LogP contribution in [0.5, 0.6) is 0 Å². The second-order valence-corrected chi connectivity index (χ2v) is 8.83. The molecule has 2 heterocycles. The van der Waals surface area contributed by atoms with Crippen LogP contribution in [0.3, 0.4) is 0 Å². The Morgan fingerprint density at radius 1 is 1.21 bits per heavy atom. The number of aryl methyl sites for hydroxylation is 1. The number of ether oxygens (including phenoxy) is 1. The van der Waals surface area contributed by atoms with Gasteiger partial charge in [-0.25, -0.2) is 13.4 Å². The highest BCUT2D eigenvalue weighted by atomic mass is 32.2. The fourth-order valence-electron chi connectivity index (χ4n) is 3.00. The Morgan fingerprint density at radius 2 is 1.96 bits per heavy atom. The van der Waals surface area contributed by atoms with E-state index in [0.29, 0.717) is 16.2 Å². The average Bonchev–Trinajstić information content (AvgIpc) is 3.16. The summed E-state index contributed by atoms with van der Waals surface area (Å²) in [5, 5.41) is 6.05. The number of nitrogens with one attached hydrogen (secondary N) is 1. The summed E-state index contributed by atoms with van der Waals surface area (Å²) in [6.45, 7) is 0.753. The van der Waals surface area contributed by atoms with Crippen molar-refractivity contribution in [2.45, 2.75) is 11.8 Å². The van der Waals surface area contributed by atoms with Crippen LogP contribution in [0.2, 0.25) is 0 Å². The van der Waals surface area contributed by atoms with E-state index in [1.54, 1.807) is 30.5 Å². The van der Waals surface area contributed by atoms with Crippen molar-refractivity contribution in [3.8, 4) is 0 Å². The molecule has 0 fully saturated rings. The average molecular weight is 417 g/mol. The predicted molar refractivity (Wildman–Crippen MR) is 105 cm³/mol. The monoisotopic (exact) mass is 417 g/mol. The standard InChI is InChI=1S/C18H15N3O5S2/c1-11-10-27-18(19-11)20-15(22)9-26-16(23)8-21-13-6-2-4-12-5-3-7-14(17(12)13)28(21,24)25/h2-7,10H,8-9H2,1H3,(H,19,20,22). The largest absolute Gasteiger partial charge is 0.454 e. The molecule has 0 unspecified atom stereocenters. The maximum absolute atomic E-state index is 12.8. The van der Waals surface area contributed by atoms with Crippen LogP contribution in [0.25, 0.3) is 10.8 Å². The third-order valence-corrected chi connectivity index (χ3v) is 6.86. The highest BCUT2D eigenvalue weighted by molar-refractivity contribution is 7.93. The van der Waals surface area contributed by atoms with Gasteiger partial charge in [-0.2, -0.15) is 0 Å². The topological polar surface area (TPSA) is 106 Å². The van der Waals surface area contributed by atoms with Crippen LogP contribution in [0.15, 0.2) is 46.7 Å². The number of thiazole rings is 1. The van der Waals surface area contributed by atoms with E-state index in [9.17, 15) is 18.0 Å². The first-order valence-electron chi connectivity index (χ1n) is 8.28. The van der Waals surface area contributed by atoms with Gasteiger partial charge in [0.2, 0.25) is 0 Å². The summed E-state index contributed by atoms with van der Waals surface area (Å²) in [6, 6.07) is 10.2. The van der Waals surface area contributed by atoms with E-state index in [2.05, 4.69) is 10.3 Å². The van der Waals surface area contributed by atoms with Gasteiger partial charge in [-0.1, -0.05) is 24.3 Å². The van der Waals surface area contributed by atoms with Crippen molar-refractivity contribution in [3.63, 3.8) is 0 Å². The molecule has 4 rings (SSSR count). The van der Waals surface area contributed by atoms with E-state index in [1.165, 1.54) is 17.4 Å². The number of nitrogens with zero attached hydrogens (tertiary/aromatic N) is 2. The number of amides is 1. The number of carbonyl (C=O) groups is 2. The first-order chi connectivity index (χ1) is 13.4. The number of aromatic nitrogens is 1. The number of hydrogen-bond acceptors (Lipinski definition) is 7. The molecule has 0 bridgehead atoms. The van der Waals surface area contributed by atoms with Gasteiger partial charge in [0.05, 0.1) is 16.3 Å². The summed E-state index contributed by atoms with van der Waals surface area (Å²) in [5.41, 5.74) is 1.19. The molecular weight excluding hydrogens is 402 g/mol. The van der Waals surface area contributed by atoms with Crippen LogP contribution in [0, 0.1) is 6.92 Å². The van der Waals surface area contributed by atoms with Gasteiger partial charge in [-0.05, 0) is 24.4 Å². The zero-order chi connectivity index (χ0) is 19.9. The summed E-state index contributed by atoms with van der Waals surface area (Å²) in [6.07, 6.45) is 0. The van der Waals surface area contributed by atoms with E-state index in [-0.39, 0.29) is 4.90 Å². The number of anilines is 2. The minimum absolute atomic E-state index is 0.158. The van der Waals surface area contributed by atoms with Gasteiger partial charge < -0.3 is 4.74 Å². The van der Waals surface area contributed by atoms with E-state index < -0.39 is 35.1 Å².